The summed E-state index contributed by atoms with van der Waals surface area (Å²) in [5, 5.41) is 0.895. The van der Waals surface area contributed by atoms with E-state index >= 15 is 0 Å². The number of ether oxygens (including phenoxy) is 1. The van der Waals surface area contributed by atoms with E-state index in [0.29, 0.717) is 36.3 Å². The smallest absolute Gasteiger partial charge is 0.336 e. The summed E-state index contributed by atoms with van der Waals surface area (Å²) in [6.45, 7) is 11.8. The molecule has 1 heterocycles. The largest absolute Gasteiger partial charge is 0.484 e. The van der Waals surface area contributed by atoms with Crippen LogP contribution in [0.2, 0.25) is 0 Å². The average molecular weight is 359 g/mol. The highest BCUT2D eigenvalue weighted by molar-refractivity contribution is 5.82. The molecule has 0 saturated heterocycles. The molecule has 0 aliphatic heterocycles. The lowest BCUT2D eigenvalue weighted by molar-refractivity contribution is -0.134. The van der Waals surface area contributed by atoms with Crippen molar-refractivity contribution in [2.24, 2.45) is 11.8 Å². The van der Waals surface area contributed by atoms with E-state index in [1.54, 1.807) is 6.07 Å². The maximum Gasteiger partial charge on any atom is 0.336 e. The molecule has 5 heteroatoms. The molecule has 0 radical (unpaired) electrons. The van der Waals surface area contributed by atoms with E-state index in [9.17, 15) is 9.59 Å². The van der Waals surface area contributed by atoms with Crippen LogP contribution in [0.5, 0.6) is 5.75 Å². The van der Waals surface area contributed by atoms with Crippen molar-refractivity contribution in [2.45, 2.75) is 41.0 Å². The van der Waals surface area contributed by atoms with E-state index in [2.05, 4.69) is 27.7 Å². The fraction of sp³-hybridized carbons (Fsp3) is 0.524. The first-order valence-corrected chi connectivity index (χ1v) is 9.27. The number of hydrogen-bond donors (Lipinski definition) is 0. The van der Waals surface area contributed by atoms with Crippen LogP contribution in [0.15, 0.2) is 33.5 Å². The molecule has 0 atom stereocenters. The fourth-order valence-corrected chi connectivity index (χ4v) is 2.99. The first-order chi connectivity index (χ1) is 12.3. The van der Waals surface area contributed by atoms with Gasteiger partial charge in [0.15, 0.2) is 6.61 Å². The maximum absolute atomic E-state index is 12.5. The van der Waals surface area contributed by atoms with Crippen molar-refractivity contribution in [1.29, 1.82) is 0 Å². The number of carbonyl (C=O) groups excluding carboxylic acids is 1. The summed E-state index contributed by atoms with van der Waals surface area (Å²) in [5.41, 5.74) is 1.06. The second-order valence-corrected chi connectivity index (χ2v) is 7.48. The zero-order chi connectivity index (χ0) is 19.3. The highest BCUT2D eigenvalue weighted by Crippen LogP contribution is 2.23. The summed E-state index contributed by atoms with van der Waals surface area (Å²) in [4.78, 5) is 26.1. The molecule has 1 aromatic carbocycles. The van der Waals surface area contributed by atoms with Gasteiger partial charge in [-0.15, -0.1) is 0 Å². The molecule has 0 N–H and O–H groups in total. The third-order valence-electron chi connectivity index (χ3n) is 4.07. The minimum atomic E-state index is -0.373. The van der Waals surface area contributed by atoms with Gasteiger partial charge in [0.1, 0.15) is 11.3 Å². The molecule has 2 aromatic rings. The number of nitrogens with zero attached hydrogens (tertiary/aromatic N) is 1. The zero-order valence-corrected chi connectivity index (χ0v) is 16.4. The number of amides is 1. The third-order valence-corrected chi connectivity index (χ3v) is 4.07. The fourth-order valence-electron chi connectivity index (χ4n) is 2.99. The average Bonchev–Trinajstić information content (AvgIpc) is 2.57. The molecule has 0 fully saturated rings. The van der Waals surface area contributed by atoms with Crippen LogP contribution in [0, 0.1) is 11.8 Å². The summed E-state index contributed by atoms with van der Waals surface area (Å²) < 4.78 is 11.0. The number of carbonyl (C=O) groups is 1. The quantitative estimate of drug-likeness (QED) is 0.671. The van der Waals surface area contributed by atoms with E-state index in [1.807, 2.05) is 24.0 Å². The van der Waals surface area contributed by atoms with E-state index in [0.717, 1.165) is 17.4 Å². The Kier molecular flexibility index (Phi) is 6.83. The second kappa shape index (κ2) is 8.88. The van der Waals surface area contributed by atoms with Crippen molar-refractivity contribution in [2.75, 3.05) is 19.7 Å². The van der Waals surface area contributed by atoms with Crippen LogP contribution in [0.1, 0.15) is 40.2 Å². The van der Waals surface area contributed by atoms with Gasteiger partial charge in [-0.3, -0.25) is 4.79 Å². The normalized spacial score (nSPS) is 11.3. The third kappa shape index (κ3) is 5.35. The van der Waals surface area contributed by atoms with Gasteiger partial charge in [-0.1, -0.05) is 34.6 Å². The van der Waals surface area contributed by atoms with Crippen LogP contribution in [-0.4, -0.2) is 30.5 Å². The summed E-state index contributed by atoms with van der Waals surface area (Å²) in [5.74, 6) is 1.30. The molecule has 0 saturated carbocycles. The highest BCUT2D eigenvalue weighted by atomic mass is 16.5. The van der Waals surface area contributed by atoms with Crippen LogP contribution < -0.4 is 10.4 Å². The highest BCUT2D eigenvalue weighted by Gasteiger charge is 2.17. The molecule has 1 amide bonds. The summed E-state index contributed by atoms with van der Waals surface area (Å²) in [7, 11) is 0. The molecule has 2 rings (SSSR count). The maximum atomic E-state index is 12.5. The zero-order valence-electron chi connectivity index (χ0n) is 16.4. The molecular formula is C21H29NO4. The number of fused-ring (bicyclic) bond motifs is 1. The Labute approximate surface area is 154 Å². The standard InChI is InChI=1S/C21H29NO4/c1-6-16-9-21(24)26-19-10-17(7-8-18(16)19)25-13-20(23)22(11-14(2)3)12-15(4)5/h7-10,14-15H,6,11-13H2,1-5H3. The summed E-state index contributed by atoms with van der Waals surface area (Å²) in [6.07, 6.45) is 0.750. The van der Waals surface area contributed by atoms with Crippen molar-refractivity contribution < 1.29 is 13.9 Å². The molecule has 5 nitrogen and oxygen atoms in total. The summed E-state index contributed by atoms with van der Waals surface area (Å²) >= 11 is 0. The van der Waals surface area contributed by atoms with Gasteiger partial charge in [0.25, 0.3) is 5.91 Å². The molecule has 26 heavy (non-hydrogen) atoms. The van der Waals surface area contributed by atoms with Crippen LogP contribution in [0.3, 0.4) is 0 Å². The Bertz CT molecular complexity index is 797. The molecule has 0 bridgehead atoms. The monoisotopic (exact) mass is 359 g/mol. The van der Waals surface area contributed by atoms with Gasteiger partial charge in [0.2, 0.25) is 0 Å². The number of hydrogen-bond acceptors (Lipinski definition) is 4. The van der Waals surface area contributed by atoms with Crippen molar-refractivity contribution in [3.8, 4) is 5.75 Å². The van der Waals surface area contributed by atoms with Crippen LogP contribution >= 0.6 is 0 Å². The first-order valence-electron chi connectivity index (χ1n) is 9.27. The van der Waals surface area contributed by atoms with Gasteiger partial charge in [0, 0.05) is 30.6 Å². The van der Waals surface area contributed by atoms with Crippen LogP contribution in [-0.2, 0) is 11.2 Å². The van der Waals surface area contributed by atoms with E-state index in [1.165, 1.54) is 6.07 Å². The minimum absolute atomic E-state index is 0.0252. The van der Waals surface area contributed by atoms with E-state index < -0.39 is 0 Å². The molecular weight excluding hydrogens is 330 g/mol. The second-order valence-electron chi connectivity index (χ2n) is 7.48. The number of aryl methyl sites for hydroxylation is 1. The van der Waals surface area contributed by atoms with Gasteiger partial charge in [-0.2, -0.15) is 0 Å². The lowest BCUT2D eigenvalue weighted by Gasteiger charge is -2.26. The Hall–Kier alpha value is -2.30. The van der Waals surface area contributed by atoms with E-state index in [4.69, 9.17) is 9.15 Å². The van der Waals surface area contributed by atoms with Gasteiger partial charge < -0.3 is 14.1 Å². The minimum Gasteiger partial charge on any atom is -0.484 e. The number of benzene rings is 1. The topological polar surface area (TPSA) is 59.8 Å². The van der Waals surface area contributed by atoms with Gasteiger partial charge in [0.05, 0.1) is 0 Å². The molecule has 0 aliphatic carbocycles. The lowest BCUT2D eigenvalue weighted by atomic mass is 10.1. The number of rotatable bonds is 8. The predicted molar refractivity (Wildman–Crippen MR) is 104 cm³/mol. The van der Waals surface area contributed by atoms with Crippen molar-refractivity contribution in [3.63, 3.8) is 0 Å². The Morgan fingerprint density at radius 1 is 1.12 bits per heavy atom. The Morgan fingerprint density at radius 3 is 2.35 bits per heavy atom. The predicted octanol–water partition coefficient (Wildman–Crippen LogP) is 3.87. The van der Waals surface area contributed by atoms with E-state index in [-0.39, 0.29) is 18.1 Å². The van der Waals surface area contributed by atoms with Gasteiger partial charge in [-0.25, -0.2) is 4.79 Å². The van der Waals surface area contributed by atoms with Gasteiger partial charge >= 0.3 is 5.63 Å². The summed E-state index contributed by atoms with van der Waals surface area (Å²) in [6, 6.07) is 6.88. The molecule has 0 spiro atoms. The molecule has 1 aromatic heterocycles. The first kappa shape index (κ1) is 20.0. The molecule has 0 aliphatic rings. The molecule has 0 unspecified atom stereocenters. The van der Waals surface area contributed by atoms with Gasteiger partial charge in [-0.05, 0) is 36.0 Å². The van der Waals surface area contributed by atoms with Crippen molar-refractivity contribution in [3.05, 3.63) is 40.2 Å². The van der Waals surface area contributed by atoms with Crippen molar-refractivity contribution in [1.82, 2.24) is 4.90 Å². The SMILES string of the molecule is CCc1cc(=O)oc2cc(OCC(=O)N(CC(C)C)CC(C)C)ccc12. The Balaban J connectivity index is 2.12. The van der Waals surface area contributed by atoms with Crippen LogP contribution in [0.4, 0.5) is 0 Å². The Morgan fingerprint density at radius 2 is 1.77 bits per heavy atom. The molecule has 142 valence electrons. The van der Waals surface area contributed by atoms with Crippen molar-refractivity contribution >= 4 is 16.9 Å². The van der Waals surface area contributed by atoms with Crippen LogP contribution in [0.25, 0.3) is 11.0 Å². The lowest BCUT2D eigenvalue weighted by Crippen LogP contribution is -2.39.